The molecule has 0 bridgehead atoms. The van der Waals surface area contributed by atoms with Crippen molar-refractivity contribution < 1.29 is 17.3 Å². The van der Waals surface area contributed by atoms with Crippen LogP contribution in [0.15, 0.2) is 103 Å². The molecule has 0 saturated heterocycles. The zero-order valence-electron chi connectivity index (χ0n) is 21.0. The van der Waals surface area contributed by atoms with E-state index in [0.717, 1.165) is 12.3 Å². The second-order valence-corrected chi connectivity index (χ2v) is 12.1. The van der Waals surface area contributed by atoms with E-state index in [2.05, 4.69) is 110 Å². The molecular formula is C31H28BF4NP-. The van der Waals surface area contributed by atoms with Gasteiger partial charge in [-0.05, 0) is 68.6 Å². The fraction of sp³-hybridized carbons (Fsp3) is 0.161. The van der Waals surface area contributed by atoms with Crippen LogP contribution in [-0.2, 0) is 12.3 Å². The highest BCUT2D eigenvalue weighted by Gasteiger charge is 2.31. The van der Waals surface area contributed by atoms with Gasteiger partial charge in [0.1, 0.15) is 0 Å². The van der Waals surface area contributed by atoms with E-state index in [1.165, 1.54) is 49.4 Å². The molecule has 1 nitrogen and oxygen atoms in total. The number of hydrogen-bond donors (Lipinski definition) is 1. The number of hydrogen-bond acceptors (Lipinski definition) is 1. The third-order valence-electron chi connectivity index (χ3n) is 7.06. The summed E-state index contributed by atoms with van der Waals surface area (Å²) in [6.45, 7) is 2.19. The van der Waals surface area contributed by atoms with E-state index >= 15 is 0 Å². The van der Waals surface area contributed by atoms with Crippen LogP contribution >= 0.6 is 7.92 Å². The minimum Gasteiger partial charge on any atom is -0.418 e. The predicted octanol–water partition coefficient (Wildman–Crippen LogP) is 9.54. The summed E-state index contributed by atoms with van der Waals surface area (Å²) in [5.74, 6) is 0. The third-order valence-corrected chi connectivity index (χ3v) is 10.1. The minimum atomic E-state index is -6.00. The smallest absolute Gasteiger partial charge is 0.418 e. The Hall–Kier alpha value is -3.21. The van der Waals surface area contributed by atoms with Crippen LogP contribution in [0.2, 0.25) is 0 Å². The van der Waals surface area contributed by atoms with E-state index in [0.29, 0.717) is 5.66 Å². The molecule has 2 unspecified atom stereocenters. The van der Waals surface area contributed by atoms with Crippen molar-refractivity contribution >= 4 is 36.7 Å². The number of fused-ring (bicyclic) bond motifs is 7. The molecule has 2 atom stereocenters. The summed E-state index contributed by atoms with van der Waals surface area (Å²) in [5.41, 5.74) is 14.2. The maximum atomic E-state index is 9.75. The van der Waals surface area contributed by atoms with Gasteiger partial charge in [0.25, 0.3) is 0 Å². The Kier molecular flexibility index (Phi) is 7.56. The molecule has 0 spiro atoms. The second-order valence-electron chi connectivity index (χ2n) is 9.76. The molecule has 0 radical (unpaired) electrons. The summed E-state index contributed by atoms with van der Waals surface area (Å²) in [7, 11) is -6.39. The maximum absolute atomic E-state index is 9.75. The van der Waals surface area contributed by atoms with Crippen LogP contribution in [0.3, 0.4) is 0 Å². The molecule has 0 aromatic heterocycles. The van der Waals surface area contributed by atoms with Crippen LogP contribution in [0.25, 0.3) is 32.7 Å². The molecule has 7 heteroatoms. The van der Waals surface area contributed by atoms with Crippen LogP contribution in [-0.4, -0.2) is 13.3 Å². The van der Waals surface area contributed by atoms with Crippen molar-refractivity contribution in [3.8, 4) is 11.1 Å². The molecule has 1 heterocycles. The van der Waals surface area contributed by atoms with Gasteiger partial charge in [0, 0.05) is 11.7 Å². The molecule has 0 aliphatic carbocycles. The van der Waals surface area contributed by atoms with Crippen LogP contribution in [0.5, 0.6) is 0 Å². The van der Waals surface area contributed by atoms with Gasteiger partial charge < -0.3 is 23.0 Å². The summed E-state index contributed by atoms with van der Waals surface area (Å²) >= 11 is 0. The van der Waals surface area contributed by atoms with Gasteiger partial charge in [-0.25, -0.2) is 0 Å². The molecule has 2 N–H and O–H groups in total. The van der Waals surface area contributed by atoms with E-state index in [9.17, 15) is 17.3 Å². The van der Waals surface area contributed by atoms with Gasteiger partial charge in [0.15, 0.2) is 0 Å². The van der Waals surface area contributed by atoms with Gasteiger partial charge >= 0.3 is 7.25 Å². The van der Waals surface area contributed by atoms with E-state index in [-0.39, 0.29) is 14.0 Å². The Morgan fingerprint density at radius 3 is 1.50 bits per heavy atom. The first-order valence-electron chi connectivity index (χ1n) is 12.6. The first-order valence-corrected chi connectivity index (χ1v) is 14.4. The average Bonchev–Trinajstić information content (AvgIpc) is 3.05. The van der Waals surface area contributed by atoms with E-state index in [1.54, 1.807) is 0 Å². The van der Waals surface area contributed by atoms with Crippen molar-refractivity contribution in [1.82, 2.24) is 0 Å². The fourth-order valence-corrected chi connectivity index (χ4v) is 8.84. The van der Waals surface area contributed by atoms with Crippen LogP contribution in [0.1, 0.15) is 29.3 Å². The van der Waals surface area contributed by atoms with Crippen LogP contribution in [0.4, 0.5) is 17.3 Å². The van der Waals surface area contributed by atoms with Crippen LogP contribution in [0, 0.1) is 0 Å². The Morgan fingerprint density at radius 1 is 0.632 bits per heavy atom. The summed E-state index contributed by atoms with van der Waals surface area (Å²) < 4.78 is 39.0. The molecule has 5 aromatic rings. The number of halogens is 4. The standard InChI is InChI=1S/C31H28NP.BF4/c1-21(32)31(24-11-3-2-4-12-24)33-19-25-17-15-22-9-5-7-13-27(22)29(25)30-26(20-33)18-16-23-10-6-8-14-28(23)30;2-1(3,4)5/h2-18,21,31H,19-20,32H2,1H3;/q;-1. The first kappa shape index (κ1) is 26.4. The highest BCUT2D eigenvalue weighted by molar-refractivity contribution is 7.56. The minimum absolute atomic E-state index is 0.115. The molecule has 1 aliphatic heterocycles. The van der Waals surface area contributed by atoms with Crippen molar-refractivity contribution in [3.05, 3.63) is 120 Å². The quantitative estimate of drug-likeness (QED) is 0.140. The monoisotopic (exact) mass is 532 g/mol. The third kappa shape index (κ3) is 5.62. The Balaban J connectivity index is 0.000000540. The van der Waals surface area contributed by atoms with Crippen molar-refractivity contribution in [2.75, 3.05) is 0 Å². The lowest BCUT2D eigenvalue weighted by atomic mass is 9.88. The molecule has 6 rings (SSSR count). The number of benzene rings is 5. The SMILES string of the molecule is CC(N)C(c1ccccc1)P1Cc2ccc3ccccc3c2-c2c(ccc3ccccc23)C1.F[B-](F)(F)F. The average molecular weight is 532 g/mol. The van der Waals surface area contributed by atoms with Gasteiger partial charge in [0.05, 0.1) is 0 Å². The van der Waals surface area contributed by atoms with E-state index in [1.807, 2.05) is 0 Å². The zero-order valence-corrected chi connectivity index (χ0v) is 21.9. The molecule has 0 amide bonds. The highest BCUT2D eigenvalue weighted by atomic mass is 31.1. The lowest BCUT2D eigenvalue weighted by Crippen LogP contribution is -2.24. The Morgan fingerprint density at radius 2 is 1.05 bits per heavy atom. The lowest BCUT2D eigenvalue weighted by molar-refractivity contribution is 0.368. The van der Waals surface area contributed by atoms with Gasteiger partial charge in [0.2, 0.25) is 0 Å². The van der Waals surface area contributed by atoms with Crippen molar-refractivity contribution in [1.29, 1.82) is 0 Å². The van der Waals surface area contributed by atoms with Crippen LogP contribution < -0.4 is 5.73 Å². The van der Waals surface area contributed by atoms with E-state index < -0.39 is 7.25 Å². The maximum Gasteiger partial charge on any atom is 0.673 e. The Labute approximate surface area is 221 Å². The van der Waals surface area contributed by atoms with Gasteiger partial charge in [-0.1, -0.05) is 111 Å². The molecule has 0 fully saturated rings. The normalized spacial score (nSPS) is 15.1. The molecule has 38 heavy (non-hydrogen) atoms. The molecule has 5 aromatic carbocycles. The summed E-state index contributed by atoms with van der Waals surface area (Å²) in [6.07, 6.45) is 2.19. The topological polar surface area (TPSA) is 26.0 Å². The first-order chi connectivity index (χ1) is 18.2. The predicted molar refractivity (Wildman–Crippen MR) is 154 cm³/mol. The lowest BCUT2D eigenvalue weighted by Gasteiger charge is -2.31. The number of nitrogens with two attached hydrogens (primary N) is 1. The van der Waals surface area contributed by atoms with Gasteiger partial charge in [-0.3, -0.25) is 0 Å². The largest absolute Gasteiger partial charge is 0.673 e. The molecular weight excluding hydrogens is 504 g/mol. The Bertz CT molecular complexity index is 1480. The number of rotatable bonds is 3. The van der Waals surface area contributed by atoms with Crippen molar-refractivity contribution in [2.24, 2.45) is 5.73 Å². The van der Waals surface area contributed by atoms with Crippen molar-refractivity contribution in [3.63, 3.8) is 0 Å². The summed E-state index contributed by atoms with van der Waals surface area (Å²) in [6, 6.07) is 38.2. The summed E-state index contributed by atoms with van der Waals surface area (Å²) in [4.78, 5) is 0. The second kappa shape index (κ2) is 10.9. The molecule has 194 valence electrons. The molecule has 0 saturated carbocycles. The van der Waals surface area contributed by atoms with E-state index in [4.69, 9.17) is 5.73 Å². The fourth-order valence-electron chi connectivity index (χ4n) is 5.67. The zero-order chi connectivity index (χ0) is 26.9. The molecule has 1 aliphatic rings. The van der Waals surface area contributed by atoms with Gasteiger partial charge in [-0.2, -0.15) is 0 Å². The highest BCUT2D eigenvalue weighted by Crippen LogP contribution is 2.61. The van der Waals surface area contributed by atoms with Crippen molar-refractivity contribution in [2.45, 2.75) is 30.9 Å². The summed E-state index contributed by atoms with van der Waals surface area (Å²) in [5, 5.41) is 5.35. The van der Waals surface area contributed by atoms with Gasteiger partial charge in [-0.15, -0.1) is 0 Å².